The van der Waals surface area contributed by atoms with Gasteiger partial charge in [-0.05, 0) is 56.5 Å². The van der Waals surface area contributed by atoms with E-state index >= 15 is 0 Å². The molecule has 0 radical (unpaired) electrons. The number of thiazole rings is 1. The number of amides is 1. The van der Waals surface area contributed by atoms with Crippen molar-refractivity contribution in [3.63, 3.8) is 0 Å². The first-order valence-corrected chi connectivity index (χ1v) is 11.9. The van der Waals surface area contributed by atoms with Crippen molar-refractivity contribution in [2.75, 3.05) is 11.9 Å². The maximum atomic E-state index is 13.1. The van der Waals surface area contributed by atoms with Gasteiger partial charge in [0.05, 0.1) is 15.1 Å². The normalized spacial score (nSPS) is 17.7. The van der Waals surface area contributed by atoms with Gasteiger partial charge >= 0.3 is 0 Å². The van der Waals surface area contributed by atoms with Gasteiger partial charge in [-0.15, -0.1) is 0 Å². The second kappa shape index (κ2) is 7.68. The summed E-state index contributed by atoms with van der Waals surface area (Å²) in [6, 6.07) is 9.59. The lowest BCUT2D eigenvalue weighted by Gasteiger charge is -2.23. The molecule has 2 aromatic carbocycles. The maximum Gasteiger partial charge on any atom is 0.244 e. The van der Waals surface area contributed by atoms with E-state index in [2.05, 4.69) is 10.3 Å². The number of hydrogen-bond donors (Lipinski definition) is 1. The van der Waals surface area contributed by atoms with Gasteiger partial charge in [-0.1, -0.05) is 40.6 Å². The van der Waals surface area contributed by atoms with Crippen LogP contribution in [0.25, 0.3) is 10.2 Å². The molecule has 1 aliphatic heterocycles. The highest BCUT2D eigenvalue weighted by Crippen LogP contribution is 2.33. The number of fused-ring (bicyclic) bond motifs is 1. The Balaban J connectivity index is 1.58. The number of carbonyl (C=O) groups excluding carboxylic acids is 1. The first-order valence-electron chi connectivity index (χ1n) is 9.22. The monoisotopic (exact) mass is 449 g/mol. The lowest BCUT2D eigenvalue weighted by atomic mass is 10.2. The van der Waals surface area contributed by atoms with Crippen LogP contribution in [0.3, 0.4) is 0 Å². The van der Waals surface area contributed by atoms with Crippen LogP contribution in [0.2, 0.25) is 5.02 Å². The molecule has 0 saturated carbocycles. The summed E-state index contributed by atoms with van der Waals surface area (Å²) < 4.78 is 28.3. The van der Waals surface area contributed by atoms with Gasteiger partial charge in [0.1, 0.15) is 6.04 Å². The molecule has 9 heteroatoms. The van der Waals surface area contributed by atoms with Crippen molar-refractivity contribution < 1.29 is 13.2 Å². The van der Waals surface area contributed by atoms with E-state index in [4.69, 9.17) is 11.6 Å². The Labute approximate surface area is 178 Å². The standard InChI is InChI=1S/C20H20ClN3O3S2/c1-12-5-7-14(8-6-12)29(26,27)24-11-3-4-16(24)19(25)23-20-22-18-13(2)15(21)9-10-17(18)28-20/h5-10,16H,3-4,11H2,1-2H3,(H,22,23,25). The van der Waals surface area contributed by atoms with Crippen molar-refractivity contribution in [3.8, 4) is 0 Å². The van der Waals surface area contributed by atoms with E-state index in [1.54, 1.807) is 30.3 Å². The van der Waals surface area contributed by atoms with Crippen molar-refractivity contribution in [1.82, 2.24) is 9.29 Å². The Hall–Kier alpha value is -2.00. The first kappa shape index (κ1) is 20.3. The lowest BCUT2D eigenvalue weighted by molar-refractivity contribution is -0.119. The topological polar surface area (TPSA) is 79.4 Å². The van der Waals surface area contributed by atoms with Gasteiger partial charge in [0, 0.05) is 11.6 Å². The molecule has 1 N–H and O–H groups in total. The zero-order valence-corrected chi connectivity index (χ0v) is 18.4. The number of rotatable bonds is 4. The number of anilines is 1. The van der Waals surface area contributed by atoms with E-state index in [0.29, 0.717) is 29.5 Å². The fourth-order valence-corrected chi connectivity index (χ4v) is 6.22. The van der Waals surface area contributed by atoms with Crippen LogP contribution in [-0.2, 0) is 14.8 Å². The molecular weight excluding hydrogens is 430 g/mol. The molecule has 1 aromatic heterocycles. The predicted molar refractivity (Wildman–Crippen MR) is 116 cm³/mol. The van der Waals surface area contributed by atoms with Crippen LogP contribution in [-0.4, -0.2) is 36.2 Å². The Kier molecular flexibility index (Phi) is 5.37. The number of aryl methyl sites for hydroxylation is 2. The van der Waals surface area contributed by atoms with Crippen LogP contribution in [0.4, 0.5) is 5.13 Å². The van der Waals surface area contributed by atoms with Gasteiger partial charge in [0.15, 0.2) is 5.13 Å². The second-order valence-corrected chi connectivity index (χ2v) is 10.4. The summed E-state index contributed by atoms with van der Waals surface area (Å²) in [4.78, 5) is 17.6. The van der Waals surface area contributed by atoms with E-state index in [1.807, 2.05) is 19.9 Å². The van der Waals surface area contributed by atoms with E-state index in [9.17, 15) is 13.2 Å². The summed E-state index contributed by atoms with van der Waals surface area (Å²) in [5, 5.41) is 3.86. The minimum Gasteiger partial charge on any atom is -0.301 e. The number of aromatic nitrogens is 1. The quantitative estimate of drug-likeness (QED) is 0.641. The molecule has 1 amide bonds. The van der Waals surface area contributed by atoms with Crippen LogP contribution in [0.1, 0.15) is 24.0 Å². The fraction of sp³-hybridized carbons (Fsp3) is 0.300. The molecule has 1 saturated heterocycles. The molecule has 0 spiro atoms. The van der Waals surface area contributed by atoms with E-state index in [-0.39, 0.29) is 10.8 Å². The average Bonchev–Trinajstić information content (AvgIpc) is 3.33. The van der Waals surface area contributed by atoms with Gasteiger partial charge in [-0.2, -0.15) is 4.31 Å². The summed E-state index contributed by atoms with van der Waals surface area (Å²) in [5.74, 6) is -0.360. The lowest BCUT2D eigenvalue weighted by Crippen LogP contribution is -2.43. The van der Waals surface area contributed by atoms with Crippen molar-refractivity contribution in [2.45, 2.75) is 37.6 Å². The number of nitrogens with one attached hydrogen (secondary N) is 1. The van der Waals surface area contributed by atoms with Gasteiger partial charge in [-0.3, -0.25) is 4.79 Å². The number of nitrogens with zero attached hydrogens (tertiary/aromatic N) is 2. The summed E-state index contributed by atoms with van der Waals surface area (Å²) in [5.41, 5.74) is 2.57. The minimum absolute atomic E-state index is 0.202. The Bertz CT molecular complexity index is 1190. The van der Waals surface area contributed by atoms with Gasteiger partial charge in [0.25, 0.3) is 0 Å². The molecule has 29 heavy (non-hydrogen) atoms. The zero-order valence-electron chi connectivity index (χ0n) is 16.0. The molecule has 1 atom stereocenters. The number of halogens is 1. The third-order valence-corrected chi connectivity index (χ3v) is 8.38. The minimum atomic E-state index is -3.74. The molecule has 1 fully saturated rings. The van der Waals surface area contributed by atoms with Gasteiger partial charge in [0.2, 0.25) is 15.9 Å². The smallest absolute Gasteiger partial charge is 0.244 e. The average molecular weight is 450 g/mol. The third-order valence-electron chi connectivity index (χ3n) is 5.11. The summed E-state index contributed by atoms with van der Waals surface area (Å²) in [6.07, 6.45) is 1.12. The number of carbonyl (C=O) groups is 1. The van der Waals surface area contributed by atoms with E-state index in [0.717, 1.165) is 21.3 Å². The Morgan fingerprint density at radius 1 is 1.21 bits per heavy atom. The first-order chi connectivity index (χ1) is 13.8. The van der Waals surface area contributed by atoms with Gasteiger partial charge in [-0.25, -0.2) is 13.4 Å². The number of hydrogen-bond acceptors (Lipinski definition) is 5. The molecule has 2 heterocycles. The van der Waals surface area contributed by atoms with Crippen molar-refractivity contribution in [1.29, 1.82) is 0 Å². The van der Waals surface area contributed by atoms with Crippen LogP contribution >= 0.6 is 22.9 Å². The maximum absolute atomic E-state index is 13.1. The van der Waals surface area contributed by atoms with Crippen molar-refractivity contribution in [2.24, 2.45) is 0 Å². The molecular formula is C20H20ClN3O3S2. The van der Waals surface area contributed by atoms with Crippen LogP contribution in [0, 0.1) is 13.8 Å². The van der Waals surface area contributed by atoms with Crippen LogP contribution < -0.4 is 5.32 Å². The molecule has 0 bridgehead atoms. The Morgan fingerprint density at radius 3 is 2.66 bits per heavy atom. The highest BCUT2D eigenvalue weighted by atomic mass is 35.5. The third kappa shape index (κ3) is 3.77. The van der Waals surface area contributed by atoms with Gasteiger partial charge < -0.3 is 5.32 Å². The van der Waals surface area contributed by atoms with Crippen molar-refractivity contribution in [3.05, 3.63) is 52.5 Å². The van der Waals surface area contributed by atoms with E-state index in [1.165, 1.54) is 15.6 Å². The molecule has 0 aliphatic carbocycles. The summed E-state index contributed by atoms with van der Waals surface area (Å²) >= 11 is 7.49. The molecule has 3 aromatic rings. The van der Waals surface area contributed by atoms with Crippen molar-refractivity contribution >= 4 is 54.2 Å². The summed E-state index contributed by atoms with van der Waals surface area (Å²) in [7, 11) is -3.74. The highest BCUT2D eigenvalue weighted by Gasteiger charge is 2.39. The second-order valence-electron chi connectivity index (χ2n) is 7.11. The SMILES string of the molecule is Cc1ccc(S(=O)(=O)N2CCCC2C(=O)Nc2nc3c(C)c(Cl)ccc3s2)cc1. The van der Waals surface area contributed by atoms with Crippen LogP contribution in [0.5, 0.6) is 0 Å². The predicted octanol–water partition coefficient (Wildman–Crippen LogP) is 4.36. The number of sulfonamides is 1. The van der Waals surface area contributed by atoms with E-state index < -0.39 is 16.1 Å². The Morgan fingerprint density at radius 2 is 1.93 bits per heavy atom. The zero-order chi connectivity index (χ0) is 20.8. The highest BCUT2D eigenvalue weighted by molar-refractivity contribution is 7.89. The number of benzene rings is 2. The molecule has 4 rings (SSSR count). The summed E-state index contributed by atoms with van der Waals surface area (Å²) in [6.45, 7) is 4.10. The molecule has 1 unspecified atom stereocenters. The van der Waals surface area contributed by atoms with Crippen LogP contribution in [0.15, 0.2) is 41.3 Å². The molecule has 152 valence electrons. The fourth-order valence-electron chi connectivity index (χ4n) is 3.48. The molecule has 6 nitrogen and oxygen atoms in total. The molecule has 1 aliphatic rings. The largest absolute Gasteiger partial charge is 0.301 e.